The highest BCUT2D eigenvalue weighted by Crippen LogP contribution is 2.20. The molecule has 5 nitrogen and oxygen atoms in total. The molecule has 0 unspecified atom stereocenters. The van der Waals surface area contributed by atoms with Crippen LogP contribution in [0.1, 0.15) is 22.8 Å². The number of aromatic nitrogens is 2. The number of carbonyl (C=O) groups is 1. The Kier molecular flexibility index (Phi) is 3.89. The molecular weight excluding hydrogens is 278 g/mol. The maximum Gasteiger partial charge on any atom is 0.338 e. The molecule has 0 aliphatic heterocycles. The molecule has 0 saturated carbocycles. The van der Waals surface area contributed by atoms with Crippen LogP contribution in [0.4, 0.5) is 0 Å². The monoisotopic (exact) mass is 295 g/mol. The van der Waals surface area contributed by atoms with Crippen LogP contribution in [0.25, 0.3) is 16.7 Å². The lowest BCUT2D eigenvalue weighted by atomic mass is 10.2. The Hall–Kier alpha value is -2.66. The highest BCUT2D eigenvalue weighted by molar-refractivity contribution is 5.93. The second-order valence-corrected chi connectivity index (χ2v) is 4.91. The van der Waals surface area contributed by atoms with Gasteiger partial charge in [0.05, 0.1) is 23.2 Å². The van der Waals surface area contributed by atoms with E-state index in [4.69, 9.17) is 10.5 Å². The Labute approximate surface area is 128 Å². The number of hydrogen-bond donors (Lipinski definition) is 1. The van der Waals surface area contributed by atoms with Crippen LogP contribution in [-0.2, 0) is 11.3 Å². The molecule has 1 aromatic heterocycles. The van der Waals surface area contributed by atoms with Gasteiger partial charge in [0.15, 0.2) is 0 Å². The van der Waals surface area contributed by atoms with Crippen LogP contribution < -0.4 is 5.73 Å². The number of nitrogens with zero attached hydrogens (tertiary/aromatic N) is 2. The van der Waals surface area contributed by atoms with Gasteiger partial charge in [-0.2, -0.15) is 0 Å². The maximum atomic E-state index is 11.8. The first-order valence-electron chi connectivity index (χ1n) is 7.16. The third-order valence-corrected chi connectivity index (χ3v) is 3.51. The molecule has 0 aliphatic carbocycles. The van der Waals surface area contributed by atoms with Crippen molar-refractivity contribution in [3.05, 3.63) is 59.9 Å². The molecule has 0 atom stereocenters. The minimum absolute atomic E-state index is 0.328. The van der Waals surface area contributed by atoms with E-state index in [0.717, 1.165) is 22.3 Å². The summed E-state index contributed by atoms with van der Waals surface area (Å²) in [5.41, 5.74) is 9.91. The van der Waals surface area contributed by atoms with Gasteiger partial charge in [-0.25, -0.2) is 9.78 Å². The van der Waals surface area contributed by atoms with Crippen LogP contribution in [0.5, 0.6) is 0 Å². The van der Waals surface area contributed by atoms with Gasteiger partial charge < -0.3 is 10.5 Å². The van der Waals surface area contributed by atoms with Crippen molar-refractivity contribution in [3.63, 3.8) is 0 Å². The number of hydrogen-bond acceptors (Lipinski definition) is 4. The fourth-order valence-corrected chi connectivity index (χ4v) is 2.35. The van der Waals surface area contributed by atoms with Crippen molar-refractivity contribution in [3.8, 4) is 5.69 Å². The zero-order valence-electron chi connectivity index (χ0n) is 12.3. The van der Waals surface area contributed by atoms with Crippen LogP contribution in [0.3, 0.4) is 0 Å². The van der Waals surface area contributed by atoms with E-state index in [9.17, 15) is 4.79 Å². The highest BCUT2D eigenvalue weighted by atomic mass is 16.5. The van der Waals surface area contributed by atoms with Crippen molar-refractivity contribution in [2.75, 3.05) is 6.61 Å². The summed E-state index contributed by atoms with van der Waals surface area (Å²) in [5.74, 6) is -0.328. The number of fused-ring (bicyclic) bond motifs is 1. The molecule has 1 heterocycles. The molecule has 0 fully saturated rings. The summed E-state index contributed by atoms with van der Waals surface area (Å²) in [7, 11) is 0. The third kappa shape index (κ3) is 2.58. The minimum atomic E-state index is -0.328. The second kappa shape index (κ2) is 5.99. The average molecular weight is 295 g/mol. The van der Waals surface area contributed by atoms with Crippen molar-refractivity contribution in [1.82, 2.24) is 9.55 Å². The predicted molar refractivity (Wildman–Crippen MR) is 84.9 cm³/mol. The average Bonchev–Trinajstić information content (AvgIpc) is 2.98. The molecule has 0 bridgehead atoms. The molecule has 3 aromatic rings. The Bertz CT molecular complexity index is 806. The molecule has 0 amide bonds. The number of benzene rings is 2. The Morgan fingerprint density at radius 3 is 2.68 bits per heavy atom. The Morgan fingerprint density at radius 2 is 2.00 bits per heavy atom. The van der Waals surface area contributed by atoms with E-state index in [1.54, 1.807) is 25.4 Å². The fraction of sp³-hybridized carbons (Fsp3) is 0.176. The molecule has 3 rings (SSSR count). The summed E-state index contributed by atoms with van der Waals surface area (Å²) in [5, 5.41) is 0. The van der Waals surface area contributed by atoms with Gasteiger partial charge in [0, 0.05) is 12.2 Å². The van der Waals surface area contributed by atoms with Crippen LogP contribution in [0.15, 0.2) is 48.8 Å². The number of rotatable bonds is 4. The molecule has 0 radical (unpaired) electrons. The zero-order valence-corrected chi connectivity index (χ0v) is 12.3. The normalized spacial score (nSPS) is 10.8. The molecule has 0 aliphatic rings. The molecule has 22 heavy (non-hydrogen) atoms. The molecule has 2 N–H and O–H groups in total. The van der Waals surface area contributed by atoms with E-state index in [0.29, 0.717) is 18.7 Å². The topological polar surface area (TPSA) is 70.1 Å². The van der Waals surface area contributed by atoms with Crippen molar-refractivity contribution < 1.29 is 9.53 Å². The summed E-state index contributed by atoms with van der Waals surface area (Å²) >= 11 is 0. The summed E-state index contributed by atoms with van der Waals surface area (Å²) in [4.78, 5) is 16.1. The largest absolute Gasteiger partial charge is 0.462 e. The summed E-state index contributed by atoms with van der Waals surface area (Å²) < 4.78 is 6.99. The number of carbonyl (C=O) groups excluding carboxylic acids is 1. The van der Waals surface area contributed by atoms with E-state index in [1.807, 2.05) is 34.9 Å². The molecule has 112 valence electrons. The van der Waals surface area contributed by atoms with Crippen molar-refractivity contribution in [1.29, 1.82) is 0 Å². The quantitative estimate of drug-likeness (QED) is 0.751. The second-order valence-electron chi connectivity index (χ2n) is 4.91. The first-order chi connectivity index (χ1) is 10.7. The lowest BCUT2D eigenvalue weighted by Gasteiger charge is -2.06. The molecule has 5 heteroatoms. The molecule has 0 saturated heterocycles. The van der Waals surface area contributed by atoms with Gasteiger partial charge in [-0.05, 0) is 42.8 Å². The summed E-state index contributed by atoms with van der Waals surface area (Å²) in [6.07, 6.45) is 1.75. The predicted octanol–water partition coefficient (Wildman–Crippen LogP) is 2.66. The fourth-order valence-electron chi connectivity index (χ4n) is 2.35. The molecule has 0 spiro atoms. The molecule has 2 aromatic carbocycles. The standard InChI is InChI=1S/C17H17N3O2/c1-2-22-17(21)13-5-8-16-15(9-13)19-11-20(16)14-6-3-12(10-18)4-7-14/h3-9,11H,2,10,18H2,1H3. The van der Waals surface area contributed by atoms with Gasteiger partial charge in [0.25, 0.3) is 0 Å². The van der Waals surface area contributed by atoms with Crippen LogP contribution >= 0.6 is 0 Å². The molecular formula is C17H17N3O2. The number of nitrogens with two attached hydrogens (primary N) is 1. The summed E-state index contributed by atoms with van der Waals surface area (Å²) in [6.45, 7) is 2.67. The van der Waals surface area contributed by atoms with Crippen LogP contribution in [-0.4, -0.2) is 22.1 Å². The van der Waals surface area contributed by atoms with E-state index >= 15 is 0 Å². The maximum absolute atomic E-state index is 11.8. The minimum Gasteiger partial charge on any atom is -0.462 e. The lowest BCUT2D eigenvalue weighted by Crippen LogP contribution is -2.04. The summed E-state index contributed by atoms with van der Waals surface area (Å²) in [6, 6.07) is 13.4. The number of esters is 1. The van der Waals surface area contributed by atoms with Crippen LogP contribution in [0, 0.1) is 0 Å². The van der Waals surface area contributed by atoms with Gasteiger partial charge in [0.1, 0.15) is 6.33 Å². The Balaban J connectivity index is 1.99. The van der Waals surface area contributed by atoms with Gasteiger partial charge in [-0.15, -0.1) is 0 Å². The van der Waals surface area contributed by atoms with E-state index in [-0.39, 0.29) is 5.97 Å². The van der Waals surface area contributed by atoms with E-state index < -0.39 is 0 Å². The van der Waals surface area contributed by atoms with Crippen molar-refractivity contribution >= 4 is 17.0 Å². The van der Waals surface area contributed by atoms with Crippen molar-refractivity contribution in [2.24, 2.45) is 5.73 Å². The van der Waals surface area contributed by atoms with Gasteiger partial charge in [0.2, 0.25) is 0 Å². The number of ether oxygens (including phenoxy) is 1. The Morgan fingerprint density at radius 1 is 1.23 bits per heavy atom. The zero-order chi connectivity index (χ0) is 15.5. The van der Waals surface area contributed by atoms with Gasteiger partial charge in [-0.1, -0.05) is 12.1 Å². The van der Waals surface area contributed by atoms with E-state index in [1.165, 1.54) is 0 Å². The van der Waals surface area contributed by atoms with Crippen molar-refractivity contribution in [2.45, 2.75) is 13.5 Å². The van der Waals surface area contributed by atoms with Gasteiger partial charge in [-0.3, -0.25) is 4.57 Å². The third-order valence-electron chi connectivity index (χ3n) is 3.51. The first-order valence-corrected chi connectivity index (χ1v) is 7.16. The highest BCUT2D eigenvalue weighted by Gasteiger charge is 2.10. The van der Waals surface area contributed by atoms with Gasteiger partial charge >= 0.3 is 5.97 Å². The van der Waals surface area contributed by atoms with E-state index in [2.05, 4.69) is 4.98 Å². The smallest absolute Gasteiger partial charge is 0.338 e. The number of imidazole rings is 1. The van der Waals surface area contributed by atoms with Crippen LogP contribution in [0.2, 0.25) is 0 Å². The SMILES string of the molecule is CCOC(=O)c1ccc2c(c1)ncn2-c1ccc(CN)cc1. The lowest BCUT2D eigenvalue weighted by molar-refractivity contribution is 0.0526. The first kappa shape index (κ1) is 14.3.